The molecule has 0 saturated carbocycles. The summed E-state index contributed by atoms with van der Waals surface area (Å²) in [5.41, 5.74) is 0.216. The van der Waals surface area contributed by atoms with E-state index in [1.54, 1.807) is 18.3 Å². The zero-order chi connectivity index (χ0) is 12.3. The molecule has 0 radical (unpaired) electrons. The minimum atomic E-state index is -0.965. The molecule has 0 spiro atoms. The molecule has 86 valence electrons. The predicted molar refractivity (Wildman–Crippen MR) is 69.5 cm³/mol. The number of hydrogen-bond acceptors (Lipinski definition) is 3. The van der Waals surface area contributed by atoms with Crippen molar-refractivity contribution in [1.82, 2.24) is 4.98 Å². The molecule has 0 unspecified atom stereocenters. The Morgan fingerprint density at radius 3 is 2.71 bits per heavy atom. The summed E-state index contributed by atoms with van der Waals surface area (Å²) < 4.78 is 0.923. The highest BCUT2D eigenvalue weighted by Crippen LogP contribution is 2.33. The van der Waals surface area contributed by atoms with E-state index in [9.17, 15) is 4.79 Å². The molecule has 0 aliphatic rings. The Labute approximate surface area is 111 Å². The average molecular weight is 310 g/mol. The van der Waals surface area contributed by atoms with Crippen LogP contribution >= 0.6 is 27.7 Å². The summed E-state index contributed by atoms with van der Waals surface area (Å²) in [7, 11) is 0. The van der Waals surface area contributed by atoms with Crippen molar-refractivity contribution in [3.8, 4) is 0 Å². The second-order valence-corrected chi connectivity index (χ2v) is 5.08. The maximum Gasteiger partial charge on any atom is 0.338 e. The second kappa shape index (κ2) is 5.33. The van der Waals surface area contributed by atoms with Crippen molar-refractivity contribution in [3.05, 3.63) is 52.6 Å². The van der Waals surface area contributed by atoms with E-state index in [2.05, 4.69) is 20.9 Å². The number of hydrogen-bond donors (Lipinski definition) is 1. The number of carboxylic acids is 1. The zero-order valence-corrected chi connectivity index (χ0v) is 11.0. The van der Waals surface area contributed by atoms with Gasteiger partial charge < -0.3 is 5.11 Å². The summed E-state index contributed by atoms with van der Waals surface area (Å²) in [5, 5.41) is 9.54. The van der Waals surface area contributed by atoms with Gasteiger partial charge in [0.25, 0.3) is 0 Å². The summed E-state index contributed by atoms with van der Waals surface area (Å²) in [4.78, 5) is 16.1. The van der Waals surface area contributed by atoms with Crippen LogP contribution in [0.15, 0.2) is 57.0 Å². The first-order valence-corrected chi connectivity index (χ1v) is 6.40. The number of aromatic nitrogens is 1. The highest BCUT2D eigenvalue weighted by molar-refractivity contribution is 9.10. The van der Waals surface area contributed by atoms with E-state index in [-0.39, 0.29) is 5.56 Å². The molecule has 1 heterocycles. The number of nitrogens with zero attached hydrogens (tertiary/aromatic N) is 1. The van der Waals surface area contributed by atoms with Gasteiger partial charge in [0.2, 0.25) is 0 Å². The molecular weight excluding hydrogens is 302 g/mol. The monoisotopic (exact) mass is 309 g/mol. The van der Waals surface area contributed by atoms with Gasteiger partial charge in [0.1, 0.15) is 5.03 Å². The first-order valence-electron chi connectivity index (χ1n) is 4.79. The van der Waals surface area contributed by atoms with Crippen molar-refractivity contribution in [3.63, 3.8) is 0 Å². The number of rotatable bonds is 3. The lowest BCUT2D eigenvalue weighted by Crippen LogP contribution is -1.99. The molecule has 17 heavy (non-hydrogen) atoms. The van der Waals surface area contributed by atoms with Crippen LogP contribution in [0.25, 0.3) is 0 Å². The van der Waals surface area contributed by atoms with Gasteiger partial charge in [-0.15, -0.1) is 0 Å². The van der Waals surface area contributed by atoms with Crippen LogP contribution in [-0.4, -0.2) is 16.1 Å². The Morgan fingerprint density at radius 2 is 2.00 bits per heavy atom. The lowest BCUT2D eigenvalue weighted by molar-refractivity contribution is 0.0692. The van der Waals surface area contributed by atoms with E-state index in [1.165, 1.54) is 11.8 Å². The van der Waals surface area contributed by atoms with Gasteiger partial charge in [0, 0.05) is 15.6 Å². The molecule has 0 amide bonds. The Bertz CT molecular complexity index is 560. The number of pyridine rings is 1. The molecule has 1 aromatic heterocycles. The van der Waals surface area contributed by atoms with E-state index in [0.29, 0.717) is 5.03 Å². The Morgan fingerprint density at radius 1 is 1.24 bits per heavy atom. The molecule has 0 aliphatic heterocycles. The molecule has 0 saturated heterocycles. The minimum absolute atomic E-state index is 0.216. The molecule has 2 aromatic rings. The molecule has 0 aliphatic carbocycles. The number of carboxylic acid groups (broad SMARTS) is 1. The quantitative estimate of drug-likeness (QED) is 0.939. The summed E-state index contributed by atoms with van der Waals surface area (Å²) >= 11 is 4.75. The van der Waals surface area contributed by atoms with Crippen LogP contribution in [-0.2, 0) is 0 Å². The zero-order valence-electron chi connectivity index (χ0n) is 8.63. The molecule has 1 aromatic carbocycles. The third-order valence-corrected chi connectivity index (χ3v) is 4.09. The fourth-order valence-electron chi connectivity index (χ4n) is 1.27. The van der Waals surface area contributed by atoms with E-state index in [0.717, 1.165) is 9.37 Å². The van der Waals surface area contributed by atoms with Crippen LogP contribution in [0.2, 0.25) is 0 Å². The first kappa shape index (κ1) is 12.1. The number of halogens is 1. The van der Waals surface area contributed by atoms with Crippen molar-refractivity contribution < 1.29 is 9.90 Å². The summed E-state index contributed by atoms with van der Waals surface area (Å²) in [6, 6.07) is 10.8. The third-order valence-electron chi connectivity index (χ3n) is 2.04. The van der Waals surface area contributed by atoms with Gasteiger partial charge in [-0.25, -0.2) is 9.78 Å². The van der Waals surface area contributed by atoms with Crippen LogP contribution < -0.4 is 0 Å². The number of aromatic carboxylic acids is 1. The SMILES string of the molecule is O=C(O)c1cccnc1Sc1ccccc1Br. The summed E-state index contributed by atoms with van der Waals surface area (Å²) in [5.74, 6) is -0.965. The maximum absolute atomic E-state index is 11.0. The van der Waals surface area contributed by atoms with Crippen LogP contribution in [0.4, 0.5) is 0 Å². The Kier molecular flexibility index (Phi) is 3.81. The van der Waals surface area contributed by atoms with E-state index in [4.69, 9.17) is 5.11 Å². The lowest BCUT2D eigenvalue weighted by atomic mass is 10.3. The Balaban J connectivity index is 2.37. The molecule has 5 heteroatoms. The molecular formula is C12H8BrNO2S. The molecule has 0 bridgehead atoms. The van der Waals surface area contributed by atoms with Crippen molar-refractivity contribution in [2.45, 2.75) is 9.92 Å². The van der Waals surface area contributed by atoms with Gasteiger partial charge in [-0.05, 0) is 40.2 Å². The van der Waals surface area contributed by atoms with Gasteiger partial charge >= 0.3 is 5.97 Å². The minimum Gasteiger partial charge on any atom is -0.478 e. The standard InChI is InChI=1S/C12H8BrNO2S/c13-9-5-1-2-6-10(9)17-11-8(12(15)16)4-3-7-14-11/h1-7H,(H,15,16). The van der Waals surface area contributed by atoms with Gasteiger partial charge in [0.15, 0.2) is 0 Å². The predicted octanol–water partition coefficient (Wildman–Crippen LogP) is 3.69. The number of benzene rings is 1. The Hall–Kier alpha value is -1.33. The van der Waals surface area contributed by atoms with E-state index in [1.807, 2.05) is 24.3 Å². The van der Waals surface area contributed by atoms with Crippen LogP contribution in [0.3, 0.4) is 0 Å². The van der Waals surface area contributed by atoms with Crippen LogP contribution in [0, 0.1) is 0 Å². The van der Waals surface area contributed by atoms with Crippen molar-refractivity contribution in [2.24, 2.45) is 0 Å². The number of carbonyl (C=O) groups is 1. The fraction of sp³-hybridized carbons (Fsp3) is 0. The normalized spacial score (nSPS) is 10.2. The molecule has 3 nitrogen and oxygen atoms in total. The molecule has 1 N–H and O–H groups in total. The smallest absolute Gasteiger partial charge is 0.338 e. The van der Waals surface area contributed by atoms with Gasteiger partial charge in [-0.1, -0.05) is 23.9 Å². The highest BCUT2D eigenvalue weighted by atomic mass is 79.9. The summed E-state index contributed by atoms with van der Waals surface area (Å²) in [6.45, 7) is 0. The fourth-order valence-corrected chi connectivity index (χ4v) is 2.69. The average Bonchev–Trinajstić information content (AvgIpc) is 2.32. The molecule has 0 atom stereocenters. The lowest BCUT2D eigenvalue weighted by Gasteiger charge is -2.05. The van der Waals surface area contributed by atoms with Crippen molar-refractivity contribution in [2.75, 3.05) is 0 Å². The largest absolute Gasteiger partial charge is 0.478 e. The van der Waals surface area contributed by atoms with Gasteiger partial charge in [0.05, 0.1) is 5.56 Å². The van der Waals surface area contributed by atoms with E-state index < -0.39 is 5.97 Å². The maximum atomic E-state index is 11.0. The van der Waals surface area contributed by atoms with Crippen molar-refractivity contribution >= 4 is 33.7 Å². The summed E-state index contributed by atoms with van der Waals surface area (Å²) in [6.07, 6.45) is 1.59. The van der Waals surface area contributed by atoms with Crippen LogP contribution in [0.1, 0.15) is 10.4 Å². The molecule has 0 fully saturated rings. The first-order chi connectivity index (χ1) is 8.18. The van der Waals surface area contributed by atoms with Gasteiger partial charge in [-0.3, -0.25) is 0 Å². The topological polar surface area (TPSA) is 50.2 Å². The second-order valence-electron chi connectivity index (χ2n) is 3.19. The van der Waals surface area contributed by atoms with Crippen molar-refractivity contribution in [1.29, 1.82) is 0 Å². The van der Waals surface area contributed by atoms with Gasteiger partial charge in [-0.2, -0.15) is 0 Å². The van der Waals surface area contributed by atoms with E-state index >= 15 is 0 Å². The third kappa shape index (κ3) is 2.87. The molecule has 2 rings (SSSR count). The van der Waals surface area contributed by atoms with Crippen LogP contribution in [0.5, 0.6) is 0 Å². The highest BCUT2D eigenvalue weighted by Gasteiger charge is 2.12.